The molecule has 0 fully saturated rings. The van der Waals surface area contributed by atoms with Gasteiger partial charge in [0.2, 0.25) is 0 Å². The lowest BCUT2D eigenvalue weighted by atomic mass is 10.0. The normalized spacial score (nSPS) is 11.1. The number of hydrogen-bond acceptors (Lipinski definition) is 4. The lowest BCUT2D eigenvalue weighted by molar-refractivity contribution is 0.529. The monoisotopic (exact) mass is 583 g/mol. The zero-order valence-corrected chi connectivity index (χ0v) is 28.9. The van der Waals surface area contributed by atoms with Crippen LogP contribution in [-0.2, 0) is 0 Å². The molecule has 0 aliphatic heterocycles. The summed E-state index contributed by atoms with van der Waals surface area (Å²) < 4.78 is 0. The van der Waals surface area contributed by atoms with Crippen molar-refractivity contribution in [2.75, 3.05) is 39.3 Å². The van der Waals surface area contributed by atoms with Crippen LogP contribution in [0, 0.1) is 0 Å². The molecule has 0 atom stereocenters. The summed E-state index contributed by atoms with van der Waals surface area (Å²) in [4.78, 5) is 0. The molecule has 0 heterocycles. The van der Waals surface area contributed by atoms with Crippen LogP contribution in [0.5, 0.6) is 0 Å². The van der Waals surface area contributed by atoms with Gasteiger partial charge in [0.1, 0.15) is 0 Å². The summed E-state index contributed by atoms with van der Waals surface area (Å²) in [6.07, 6.45) is 41.0. The molecule has 250 valence electrons. The van der Waals surface area contributed by atoms with E-state index in [1.165, 1.54) is 186 Å². The molecule has 0 amide bonds. The molecule has 4 heteroatoms. The average Bonchev–Trinajstić information content (AvgIpc) is 2.99. The van der Waals surface area contributed by atoms with Gasteiger partial charge < -0.3 is 22.1 Å². The molecule has 0 aromatic rings. The number of hydrogen-bond donors (Lipinski definition) is 4. The van der Waals surface area contributed by atoms with E-state index in [1.807, 2.05) is 0 Å². The largest absolute Gasteiger partial charge is 0.330 e. The Morgan fingerprint density at radius 1 is 0.268 bits per heavy atom. The van der Waals surface area contributed by atoms with E-state index < -0.39 is 0 Å². The third-order valence-corrected chi connectivity index (χ3v) is 8.28. The van der Waals surface area contributed by atoms with Crippen LogP contribution in [0.25, 0.3) is 0 Å². The number of unbranched alkanes of at least 4 members (excludes halogenated alkanes) is 25. The molecule has 0 rings (SSSR count). The first-order valence-electron chi connectivity index (χ1n) is 19.1. The molecule has 0 saturated heterocycles. The van der Waals surface area contributed by atoms with E-state index in [9.17, 15) is 0 Å². The summed E-state index contributed by atoms with van der Waals surface area (Å²) in [5.41, 5.74) is 10.9. The Balaban J connectivity index is 0. The van der Waals surface area contributed by atoms with Crippen molar-refractivity contribution < 1.29 is 0 Å². The smallest absolute Gasteiger partial charge is 0.00369 e. The SMILES string of the molecule is CCCCCCCCCCCCCCCCNCCCN.CCCCCCCCCCCCCCCNCCCN. The maximum absolute atomic E-state index is 5.45. The average molecular weight is 583 g/mol. The minimum atomic E-state index is 0.811. The van der Waals surface area contributed by atoms with Crippen molar-refractivity contribution in [1.29, 1.82) is 0 Å². The first kappa shape index (κ1) is 43.0. The topological polar surface area (TPSA) is 76.1 Å². The molecule has 41 heavy (non-hydrogen) atoms. The van der Waals surface area contributed by atoms with Gasteiger partial charge in [-0.05, 0) is 65.0 Å². The van der Waals surface area contributed by atoms with Crippen molar-refractivity contribution in [2.24, 2.45) is 11.5 Å². The highest BCUT2D eigenvalue weighted by molar-refractivity contribution is 4.53. The fraction of sp³-hybridized carbons (Fsp3) is 1.00. The molecule has 0 aromatic heterocycles. The first-order chi connectivity index (χ1) is 20.3. The van der Waals surface area contributed by atoms with Crippen LogP contribution in [0.15, 0.2) is 0 Å². The van der Waals surface area contributed by atoms with Gasteiger partial charge in [-0.15, -0.1) is 0 Å². The standard InChI is InChI=1S/C19H42N2.C18H40N2/c1-2-3-4-5-6-7-8-9-10-11-12-13-14-15-18-21-19-16-17-20;1-2-3-4-5-6-7-8-9-10-11-12-13-14-17-20-18-15-16-19/h21H,2-20H2,1H3;20H,2-19H2,1H3. The Kier molecular flexibility index (Phi) is 46.4. The number of rotatable bonds is 35. The fourth-order valence-corrected chi connectivity index (χ4v) is 5.42. The molecule has 0 aromatic carbocycles. The van der Waals surface area contributed by atoms with E-state index in [-0.39, 0.29) is 0 Å². The second-order valence-electron chi connectivity index (χ2n) is 12.6. The molecule has 0 bridgehead atoms. The summed E-state index contributed by atoms with van der Waals surface area (Å²) >= 11 is 0. The van der Waals surface area contributed by atoms with E-state index in [1.54, 1.807) is 0 Å². The highest BCUT2D eigenvalue weighted by Gasteiger charge is 1.95. The Morgan fingerprint density at radius 2 is 0.463 bits per heavy atom. The summed E-state index contributed by atoms with van der Waals surface area (Å²) in [6, 6.07) is 0. The Morgan fingerprint density at radius 3 is 0.683 bits per heavy atom. The molecule has 0 aliphatic rings. The van der Waals surface area contributed by atoms with E-state index >= 15 is 0 Å². The molecule has 0 aliphatic carbocycles. The van der Waals surface area contributed by atoms with Crippen molar-refractivity contribution in [2.45, 2.75) is 200 Å². The molecule has 4 nitrogen and oxygen atoms in total. The summed E-state index contributed by atoms with van der Waals surface area (Å²) in [6.45, 7) is 10.7. The van der Waals surface area contributed by atoms with Crippen molar-refractivity contribution in [1.82, 2.24) is 10.6 Å². The minimum absolute atomic E-state index is 0.811. The highest BCUT2D eigenvalue weighted by atomic mass is 14.8. The van der Waals surface area contributed by atoms with Crippen molar-refractivity contribution in [3.05, 3.63) is 0 Å². The molecular formula is C37H82N4. The first-order valence-corrected chi connectivity index (χ1v) is 19.1. The van der Waals surface area contributed by atoms with Gasteiger partial charge in [-0.2, -0.15) is 0 Å². The van der Waals surface area contributed by atoms with Crippen molar-refractivity contribution in [3.8, 4) is 0 Å². The van der Waals surface area contributed by atoms with E-state index in [2.05, 4.69) is 24.5 Å². The summed E-state index contributed by atoms with van der Waals surface area (Å²) in [5, 5.41) is 6.90. The lowest BCUT2D eigenvalue weighted by Crippen LogP contribution is -2.19. The number of nitrogens with two attached hydrogens (primary N) is 2. The van der Waals surface area contributed by atoms with Crippen molar-refractivity contribution in [3.63, 3.8) is 0 Å². The van der Waals surface area contributed by atoms with Gasteiger partial charge in [0.15, 0.2) is 0 Å². The van der Waals surface area contributed by atoms with Crippen LogP contribution in [-0.4, -0.2) is 39.3 Å². The fourth-order valence-electron chi connectivity index (χ4n) is 5.42. The molecule has 6 N–H and O–H groups in total. The zero-order valence-electron chi connectivity index (χ0n) is 28.9. The molecule has 0 radical (unpaired) electrons. The third-order valence-electron chi connectivity index (χ3n) is 8.28. The summed E-state index contributed by atoms with van der Waals surface area (Å²) in [7, 11) is 0. The van der Waals surface area contributed by atoms with Crippen LogP contribution in [0.4, 0.5) is 0 Å². The Bertz CT molecular complexity index is 368. The van der Waals surface area contributed by atoms with Gasteiger partial charge in [-0.25, -0.2) is 0 Å². The van der Waals surface area contributed by atoms with E-state index in [4.69, 9.17) is 11.5 Å². The van der Waals surface area contributed by atoms with E-state index in [0.29, 0.717) is 0 Å². The van der Waals surface area contributed by atoms with Crippen LogP contribution in [0.2, 0.25) is 0 Å². The lowest BCUT2D eigenvalue weighted by Gasteiger charge is -2.04. The van der Waals surface area contributed by atoms with Gasteiger partial charge in [0.05, 0.1) is 0 Å². The highest BCUT2D eigenvalue weighted by Crippen LogP contribution is 2.13. The van der Waals surface area contributed by atoms with Gasteiger partial charge in [0.25, 0.3) is 0 Å². The summed E-state index contributed by atoms with van der Waals surface area (Å²) in [5.74, 6) is 0. The van der Waals surface area contributed by atoms with Gasteiger partial charge in [-0.1, -0.05) is 174 Å². The van der Waals surface area contributed by atoms with Gasteiger partial charge in [-0.3, -0.25) is 0 Å². The quantitative estimate of drug-likeness (QED) is 0.0561. The van der Waals surface area contributed by atoms with Crippen LogP contribution < -0.4 is 22.1 Å². The molecule has 0 saturated carbocycles. The maximum Gasteiger partial charge on any atom is -0.00369 e. The van der Waals surface area contributed by atoms with Gasteiger partial charge >= 0.3 is 0 Å². The second-order valence-corrected chi connectivity index (χ2v) is 12.6. The predicted molar refractivity (Wildman–Crippen MR) is 189 cm³/mol. The Labute approximate surface area is 261 Å². The van der Waals surface area contributed by atoms with Gasteiger partial charge in [0, 0.05) is 0 Å². The molecular weight excluding hydrogens is 500 g/mol. The molecule has 0 unspecified atom stereocenters. The van der Waals surface area contributed by atoms with Crippen molar-refractivity contribution >= 4 is 0 Å². The zero-order chi connectivity index (χ0) is 30.2. The predicted octanol–water partition coefficient (Wildman–Crippen LogP) is 10.4. The third kappa shape index (κ3) is 47.0. The van der Waals surface area contributed by atoms with Crippen LogP contribution >= 0.6 is 0 Å². The molecule has 0 spiro atoms. The number of nitrogens with one attached hydrogen (secondary N) is 2. The van der Waals surface area contributed by atoms with Crippen LogP contribution in [0.1, 0.15) is 200 Å². The Hall–Kier alpha value is -0.160. The maximum atomic E-state index is 5.45. The van der Waals surface area contributed by atoms with Crippen LogP contribution in [0.3, 0.4) is 0 Å². The minimum Gasteiger partial charge on any atom is -0.330 e. The second kappa shape index (κ2) is 44.3. The van der Waals surface area contributed by atoms with E-state index in [0.717, 1.165) is 39.0 Å².